The molecule has 0 spiro atoms. The first-order valence-corrected chi connectivity index (χ1v) is 9.71. The zero-order chi connectivity index (χ0) is 18.2. The number of hydrogen-bond acceptors (Lipinski definition) is 5. The third-order valence-electron chi connectivity index (χ3n) is 3.36. The third-order valence-corrected chi connectivity index (χ3v) is 5.75. The van der Waals surface area contributed by atoms with E-state index in [0.29, 0.717) is 11.1 Å². The molecule has 0 unspecified atom stereocenters. The monoisotopic (exact) mass is 442 g/mol. The van der Waals surface area contributed by atoms with E-state index in [1.54, 1.807) is 31.3 Å². The second kappa shape index (κ2) is 6.74. The van der Waals surface area contributed by atoms with E-state index in [1.165, 1.54) is 16.9 Å². The van der Waals surface area contributed by atoms with Crippen LogP contribution in [0.3, 0.4) is 0 Å². The molecule has 2 aromatic heterocycles. The van der Waals surface area contributed by atoms with Crippen molar-refractivity contribution < 1.29 is 13.2 Å². The van der Waals surface area contributed by atoms with Crippen molar-refractivity contribution >= 4 is 54.4 Å². The molecular formula is C15H12BrClN4O3S. The maximum atomic E-state index is 12.6. The van der Waals surface area contributed by atoms with E-state index in [-0.39, 0.29) is 22.0 Å². The van der Waals surface area contributed by atoms with Gasteiger partial charge in [0.15, 0.2) is 0 Å². The molecule has 0 bridgehead atoms. The second-order valence-electron chi connectivity index (χ2n) is 5.27. The largest absolute Gasteiger partial charge is 0.272 e. The van der Waals surface area contributed by atoms with Gasteiger partial charge in [-0.15, -0.1) is 0 Å². The van der Waals surface area contributed by atoms with Crippen LogP contribution in [0.1, 0.15) is 5.69 Å². The number of pyridine rings is 1. The Bertz CT molecular complexity index is 1060. The smallest absolute Gasteiger partial charge is 0.266 e. The summed E-state index contributed by atoms with van der Waals surface area (Å²) in [7, 11) is -4.13. The molecule has 1 N–H and O–H groups in total. The number of carbonyl (C=O) groups is 1. The zero-order valence-electron chi connectivity index (χ0n) is 12.9. The Labute approximate surface area is 157 Å². The van der Waals surface area contributed by atoms with Gasteiger partial charge in [0.05, 0.1) is 15.7 Å². The van der Waals surface area contributed by atoms with Crippen LogP contribution in [0.2, 0.25) is 5.02 Å². The first-order valence-electron chi connectivity index (χ1n) is 7.06. The van der Waals surface area contributed by atoms with E-state index in [2.05, 4.69) is 26.0 Å². The van der Waals surface area contributed by atoms with Crippen LogP contribution in [0.25, 0.3) is 10.9 Å². The van der Waals surface area contributed by atoms with Crippen molar-refractivity contribution in [1.29, 1.82) is 0 Å². The topological polar surface area (TPSA) is 94.0 Å². The normalized spacial score (nSPS) is 11.6. The van der Waals surface area contributed by atoms with Gasteiger partial charge in [0, 0.05) is 22.8 Å². The fourth-order valence-corrected chi connectivity index (χ4v) is 4.08. The molecule has 0 atom stereocenters. The van der Waals surface area contributed by atoms with Crippen molar-refractivity contribution in [3.63, 3.8) is 0 Å². The fourth-order valence-electron chi connectivity index (χ4n) is 2.29. The van der Waals surface area contributed by atoms with E-state index in [9.17, 15) is 13.2 Å². The van der Waals surface area contributed by atoms with Crippen LogP contribution < -0.4 is 4.72 Å². The number of nitrogens with zero attached hydrogens (tertiary/aromatic N) is 3. The number of hydrogen-bond donors (Lipinski definition) is 1. The molecule has 0 aliphatic heterocycles. The highest BCUT2D eigenvalue weighted by molar-refractivity contribution is 9.10. The first-order chi connectivity index (χ1) is 11.8. The van der Waals surface area contributed by atoms with Crippen LogP contribution in [0.4, 0.5) is 0 Å². The van der Waals surface area contributed by atoms with E-state index in [0.717, 1.165) is 4.47 Å². The van der Waals surface area contributed by atoms with E-state index < -0.39 is 15.9 Å². The summed E-state index contributed by atoms with van der Waals surface area (Å²) in [6, 6.07) is 6.24. The molecule has 25 heavy (non-hydrogen) atoms. The lowest BCUT2D eigenvalue weighted by atomic mass is 10.2. The van der Waals surface area contributed by atoms with Crippen molar-refractivity contribution in [3.05, 3.63) is 51.8 Å². The van der Waals surface area contributed by atoms with Gasteiger partial charge >= 0.3 is 0 Å². The molecular weight excluding hydrogens is 432 g/mol. The van der Waals surface area contributed by atoms with E-state index in [4.69, 9.17) is 11.6 Å². The lowest BCUT2D eigenvalue weighted by Gasteiger charge is -2.10. The summed E-state index contributed by atoms with van der Waals surface area (Å²) >= 11 is 9.28. The molecule has 1 amide bonds. The molecule has 130 valence electrons. The number of sulfonamides is 1. The summed E-state index contributed by atoms with van der Waals surface area (Å²) < 4.78 is 29.3. The van der Waals surface area contributed by atoms with Gasteiger partial charge in [-0.25, -0.2) is 13.1 Å². The summed E-state index contributed by atoms with van der Waals surface area (Å²) in [6.07, 6.45) is 3.07. The minimum absolute atomic E-state index is 0.151. The Morgan fingerprint density at radius 1 is 1.40 bits per heavy atom. The van der Waals surface area contributed by atoms with Crippen LogP contribution in [0.5, 0.6) is 0 Å². The Balaban J connectivity index is 1.90. The average Bonchev–Trinajstić information content (AvgIpc) is 2.83. The average molecular weight is 444 g/mol. The van der Waals surface area contributed by atoms with Gasteiger partial charge in [0.1, 0.15) is 11.4 Å². The molecule has 3 aromatic rings. The quantitative estimate of drug-likeness (QED) is 0.669. The maximum Gasteiger partial charge on any atom is 0.266 e. The summed E-state index contributed by atoms with van der Waals surface area (Å²) in [6.45, 7) is 1.52. The highest BCUT2D eigenvalue weighted by atomic mass is 79.9. The van der Waals surface area contributed by atoms with Gasteiger partial charge in [-0.2, -0.15) is 5.10 Å². The lowest BCUT2D eigenvalue weighted by molar-refractivity contribution is -0.120. The Hall–Kier alpha value is -1.97. The van der Waals surface area contributed by atoms with Gasteiger partial charge < -0.3 is 0 Å². The SMILES string of the molecule is Cc1nn(CC(=O)NS(=O)(=O)c2cc(Cl)cc3cccnc23)cc1Br. The van der Waals surface area contributed by atoms with E-state index in [1.807, 2.05) is 4.72 Å². The van der Waals surface area contributed by atoms with Gasteiger partial charge in [0.2, 0.25) is 0 Å². The molecule has 0 fully saturated rings. The zero-order valence-corrected chi connectivity index (χ0v) is 16.1. The summed E-state index contributed by atoms with van der Waals surface area (Å²) in [5.41, 5.74) is 0.936. The number of fused-ring (bicyclic) bond motifs is 1. The highest BCUT2D eigenvalue weighted by Crippen LogP contribution is 2.25. The van der Waals surface area contributed by atoms with Gasteiger partial charge in [-0.1, -0.05) is 17.7 Å². The molecule has 3 rings (SSSR count). The third kappa shape index (κ3) is 3.83. The molecule has 10 heteroatoms. The molecule has 0 saturated carbocycles. The van der Waals surface area contributed by atoms with Gasteiger partial charge in [-0.05, 0) is 41.1 Å². The fraction of sp³-hybridized carbons (Fsp3) is 0.133. The van der Waals surface area contributed by atoms with E-state index >= 15 is 0 Å². The number of benzene rings is 1. The van der Waals surface area contributed by atoms with Crippen molar-refractivity contribution in [2.45, 2.75) is 18.4 Å². The number of halogens is 2. The number of aryl methyl sites for hydroxylation is 1. The van der Waals surface area contributed by atoms with Gasteiger partial charge in [0.25, 0.3) is 15.9 Å². The molecule has 0 saturated heterocycles. The number of aromatic nitrogens is 3. The number of carbonyl (C=O) groups excluding carboxylic acids is 1. The van der Waals surface area contributed by atoms with Crippen molar-refractivity contribution in [2.75, 3.05) is 0 Å². The highest BCUT2D eigenvalue weighted by Gasteiger charge is 2.22. The Morgan fingerprint density at radius 2 is 2.16 bits per heavy atom. The molecule has 0 radical (unpaired) electrons. The predicted octanol–water partition coefficient (Wildman–Crippen LogP) is 2.66. The molecule has 2 heterocycles. The Morgan fingerprint density at radius 3 is 2.84 bits per heavy atom. The predicted molar refractivity (Wildman–Crippen MR) is 96.7 cm³/mol. The number of rotatable bonds is 4. The van der Waals surface area contributed by atoms with Crippen LogP contribution in [-0.4, -0.2) is 29.1 Å². The summed E-state index contributed by atoms with van der Waals surface area (Å²) in [4.78, 5) is 16.1. The molecule has 0 aliphatic rings. The van der Waals surface area contributed by atoms with Crippen molar-refractivity contribution in [3.8, 4) is 0 Å². The lowest BCUT2D eigenvalue weighted by Crippen LogP contribution is -2.33. The Kier molecular flexibility index (Phi) is 4.81. The van der Waals surface area contributed by atoms with Gasteiger partial charge in [-0.3, -0.25) is 14.5 Å². The van der Waals surface area contributed by atoms with Crippen molar-refractivity contribution in [2.24, 2.45) is 0 Å². The van der Waals surface area contributed by atoms with Crippen LogP contribution >= 0.6 is 27.5 Å². The van der Waals surface area contributed by atoms with Crippen molar-refractivity contribution in [1.82, 2.24) is 19.5 Å². The standard InChI is InChI=1S/C15H12BrClN4O3S/c1-9-12(16)7-21(19-9)8-14(22)20-25(23,24)13-6-11(17)5-10-3-2-4-18-15(10)13/h2-7H,8H2,1H3,(H,20,22). The van der Waals surface area contributed by atoms with Crippen LogP contribution in [0.15, 0.2) is 46.0 Å². The summed E-state index contributed by atoms with van der Waals surface area (Å²) in [5.74, 6) is -0.723. The molecule has 0 aliphatic carbocycles. The number of amides is 1. The minimum atomic E-state index is -4.13. The van der Waals surface area contributed by atoms with Crippen LogP contribution in [0, 0.1) is 6.92 Å². The molecule has 7 nitrogen and oxygen atoms in total. The minimum Gasteiger partial charge on any atom is -0.272 e. The maximum absolute atomic E-state index is 12.6. The first kappa shape index (κ1) is 17.8. The van der Waals surface area contributed by atoms with Crippen LogP contribution in [-0.2, 0) is 21.4 Å². The second-order valence-corrected chi connectivity index (χ2v) is 8.21. The molecule has 1 aromatic carbocycles. The summed E-state index contributed by atoms with van der Waals surface area (Å²) in [5, 5.41) is 4.90. The number of nitrogens with one attached hydrogen (secondary N) is 1.